The Morgan fingerprint density at radius 3 is 2.78 bits per heavy atom. The second-order valence-electron chi connectivity index (χ2n) is 6.03. The number of benzene rings is 1. The minimum atomic E-state index is -1.02. The van der Waals surface area contributed by atoms with E-state index in [4.69, 9.17) is 12.2 Å². The van der Waals surface area contributed by atoms with E-state index in [9.17, 15) is 14.0 Å². The first kappa shape index (κ1) is 18.8. The molecule has 1 aliphatic rings. The van der Waals surface area contributed by atoms with Crippen LogP contribution in [0.1, 0.15) is 12.0 Å². The molecule has 1 aromatic carbocycles. The first-order valence-corrected chi connectivity index (χ1v) is 8.82. The Kier molecular flexibility index (Phi) is 6.02. The summed E-state index contributed by atoms with van der Waals surface area (Å²) in [6.07, 6.45) is 7.40. The number of aryl methyl sites for hydroxylation is 1. The molecule has 1 saturated heterocycles. The maximum atomic E-state index is 13.0. The summed E-state index contributed by atoms with van der Waals surface area (Å²) in [5.41, 5.74) is 0.708. The highest BCUT2D eigenvalue weighted by molar-refractivity contribution is 7.80. The maximum absolute atomic E-state index is 13.0. The van der Waals surface area contributed by atoms with Crippen LogP contribution in [0.4, 0.5) is 4.39 Å². The Morgan fingerprint density at radius 2 is 2.07 bits per heavy atom. The van der Waals surface area contributed by atoms with Crippen molar-refractivity contribution in [1.82, 2.24) is 19.8 Å². The van der Waals surface area contributed by atoms with Crippen molar-refractivity contribution in [2.24, 2.45) is 10.9 Å². The third kappa shape index (κ3) is 4.82. The number of imidazole rings is 1. The van der Waals surface area contributed by atoms with Crippen molar-refractivity contribution in [3.8, 4) is 0 Å². The second kappa shape index (κ2) is 8.63. The molecule has 1 atom stereocenters. The lowest BCUT2D eigenvalue weighted by atomic mass is 10.1. The number of hydrogen-bond donors (Lipinski definition) is 1. The van der Waals surface area contributed by atoms with Crippen LogP contribution in [0.15, 0.2) is 48.0 Å². The van der Waals surface area contributed by atoms with Crippen molar-refractivity contribution in [2.45, 2.75) is 19.5 Å². The van der Waals surface area contributed by atoms with Gasteiger partial charge in [0.1, 0.15) is 5.82 Å². The average molecular weight is 387 g/mol. The number of thiocarbonyl (C=S) groups is 1. The van der Waals surface area contributed by atoms with Crippen LogP contribution < -0.4 is 5.32 Å². The van der Waals surface area contributed by atoms with Gasteiger partial charge in [0.05, 0.1) is 12.9 Å². The summed E-state index contributed by atoms with van der Waals surface area (Å²) in [5, 5.41) is 2.57. The third-order valence-electron chi connectivity index (χ3n) is 4.06. The summed E-state index contributed by atoms with van der Waals surface area (Å²) < 4.78 is 15.0. The molecule has 3 rings (SSSR count). The van der Waals surface area contributed by atoms with Crippen molar-refractivity contribution in [1.29, 1.82) is 0 Å². The highest BCUT2D eigenvalue weighted by Crippen LogP contribution is 2.14. The zero-order valence-corrected chi connectivity index (χ0v) is 15.2. The van der Waals surface area contributed by atoms with Gasteiger partial charge in [-0.3, -0.25) is 19.5 Å². The number of halogens is 1. The average Bonchev–Trinajstić information content (AvgIpc) is 3.16. The fourth-order valence-electron chi connectivity index (χ4n) is 2.63. The van der Waals surface area contributed by atoms with Gasteiger partial charge in [-0.15, -0.1) is 0 Å². The van der Waals surface area contributed by atoms with Crippen molar-refractivity contribution in [3.05, 3.63) is 54.4 Å². The zero-order chi connectivity index (χ0) is 19.2. The number of aromatic nitrogens is 2. The van der Waals surface area contributed by atoms with Gasteiger partial charge in [-0.2, -0.15) is 0 Å². The normalized spacial score (nSPS) is 17.6. The van der Waals surface area contributed by atoms with Crippen LogP contribution in [0.2, 0.25) is 0 Å². The molecule has 27 heavy (non-hydrogen) atoms. The van der Waals surface area contributed by atoms with Crippen LogP contribution in [0, 0.1) is 11.7 Å². The molecule has 0 spiro atoms. The van der Waals surface area contributed by atoms with E-state index in [0.29, 0.717) is 12.1 Å². The molecule has 0 aliphatic carbocycles. The molecule has 1 fully saturated rings. The van der Waals surface area contributed by atoms with Crippen molar-refractivity contribution in [2.75, 3.05) is 6.54 Å². The Balaban J connectivity index is 1.59. The van der Waals surface area contributed by atoms with Gasteiger partial charge in [-0.1, -0.05) is 12.1 Å². The Labute approximate surface area is 160 Å². The SMILES string of the molecule is O=C1NC(=S)N(Cc2ccc(F)cc2)C(=O)[C@@H]1C=NCCCn1ccnc1. The summed E-state index contributed by atoms with van der Waals surface area (Å²) in [6, 6.07) is 5.76. The van der Waals surface area contributed by atoms with Gasteiger partial charge in [0.25, 0.3) is 0 Å². The zero-order valence-electron chi connectivity index (χ0n) is 14.4. The smallest absolute Gasteiger partial charge is 0.247 e. The lowest BCUT2D eigenvalue weighted by Gasteiger charge is -2.31. The van der Waals surface area contributed by atoms with Crippen molar-refractivity contribution >= 4 is 35.4 Å². The minimum absolute atomic E-state index is 0.0408. The van der Waals surface area contributed by atoms with Gasteiger partial charge < -0.3 is 9.88 Å². The number of amides is 2. The quantitative estimate of drug-likeness (QED) is 0.338. The first-order valence-electron chi connectivity index (χ1n) is 8.41. The first-order chi connectivity index (χ1) is 13.0. The maximum Gasteiger partial charge on any atom is 0.247 e. The lowest BCUT2D eigenvalue weighted by molar-refractivity contribution is -0.138. The van der Waals surface area contributed by atoms with E-state index in [1.807, 2.05) is 10.8 Å². The van der Waals surface area contributed by atoms with Gasteiger partial charge >= 0.3 is 0 Å². The highest BCUT2D eigenvalue weighted by Gasteiger charge is 2.37. The van der Waals surface area contributed by atoms with Gasteiger partial charge in [-0.25, -0.2) is 9.37 Å². The Hall–Kier alpha value is -2.94. The highest BCUT2D eigenvalue weighted by atomic mass is 32.1. The number of rotatable bonds is 7. The van der Waals surface area contributed by atoms with Gasteiger partial charge in [0.15, 0.2) is 11.0 Å². The third-order valence-corrected chi connectivity index (χ3v) is 4.38. The molecule has 2 amide bonds. The number of aliphatic imine (C=N–C) groups is 1. The van der Waals surface area contributed by atoms with E-state index in [1.165, 1.54) is 23.2 Å². The molecule has 0 unspecified atom stereocenters. The number of nitrogens with one attached hydrogen (secondary N) is 1. The predicted molar refractivity (Wildman–Crippen MR) is 101 cm³/mol. The predicted octanol–water partition coefficient (Wildman–Crippen LogP) is 1.54. The van der Waals surface area contributed by atoms with E-state index in [1.54, 1.807) is 24.7 Å². The van der Waals surface area contributed by atoms with Crippen LogP contribution >= 0.6 is 12.2 Å². The summed E-state index contributed by atoms with van der Waals surface area (Å²) in [4.78, 5) is 34.2. The second-order valence-corrected chi connectivity index (χ2v) is 6.42. The number of carbonyl (C=O) groups excluding carboxylic acids is 2. The van der Waals surface area contributed by atoms with E-state index < -0.39 is 17.7 Å². The topological polar surface area (TPSA) is 79.6 Å². The van der Waals surface area contributed by atoms with Gasteiger partial charge in [-0.05, 0) is 36.3 Å². The fraction of sp³-hybridized carbons (Fsp3) is 0.278. The van der Waals surface area contributed by atoms with E-state index in [-0.39, 0.29) is 17.5 Å². The molecule has 2 aromatic rings. The largest absolute Gasteiger partial charge is 0.337 e. The summed E-state index contributed by atoms with van der Waals surface area (Å²) in [7, 11) is 0. The monoisotopic (exact) mass is 387 g/mol. The Morgan fingerprint density at radius 1 is 1.30 bits per heavy atom. The van der Waals surface area contributed by atoms with Crippen LogP contribution in [0.5, 0.6) is 0 Å². The molecular formula is C18H18FN5O2S. The van der Waals surface area contributed by atoms with E-state index in [2.05, 4.69) is 15.3 Å². The molecule has 9 heteroatoms. The van der Waals surface area contributed by atoms with Gasteiger partial charge in [0, 0.05) is 31.7 Å². The molecule has 1 aliphatic heterocycles. The number of hydrogen-bond acceptors (Lipinski definition) is 5. The summed E-state index contributed by atoms with van der Waals surface area (Å²) in [5.74, 6) is -2.31. The molecule has 1 N–H and O–H groups in total. The lowest BCUT2D eigenvalue weighted by Crippen LogP contribution is -2.57. The molecule has 0 saturated carbocycles. The molecule has 140 valence electrons. The molecular weight excluding hydrogens is 369 g/mol. The minimum Gasteiger partial charge on any atom is -0.337 e. The standard InChI is InChI=1S/C18H18FN5O2S/c19-14-4-2-13(3-5-14)11-24-17(26)15(16(25)22-18(24)27)10-20-6-1-8-23-9-7-21-12-23/h2-5,7,9-10,12,15H,1,6,8,11H2,(H,22,25,27)/t15-/m1/s1. The van der Waals surface area contributed by atoms with Crippen LogP contribution in [-0.4, -0.2) is 44.1 Å². The number of carbonyl (C=O) groups is 2. The van der Waals surface area contributed by atoms with Gasteiger partial charge in [0.2, 0.25) is 11.8 Å². The molecule has 7 nitrogen and oxygen atoms in total. The van der Waals surface area contributed by atoms with E-state index >= 15 is 0 Å². The Bertz CT molecular complexity index is 851. The molecule has 2 heterocycles. The van der Waals surface area contributed by atoms with Crippen LogP contribution in [-0.2, 0) is 22.7 Å². The molecule has 0 bridgehead atoms. The molecule has 0 radical (unpaired) electrons. The summed E-state index contributed by atoms with van der Waals surface area (Å²) in [6.45, 7) is 1.39. The summed E-state index contributed by atoms with van der Waals surface area (Å²) >= 11 is 5.10. The number of nitrogens with zero attached hydrogens (tertiary/aromatic N) is 4. The van der Waals surface area contributed by atoms with Crippen molar-refractivity contribution in [3.63, 3.8) is 0 Å². The van der Waals surface area contributed by atoms with Crippen LogP contribution in [0.3, 0.4) is 0 Å². The van der Waals surface area contributed by atoms with Crippen LogP contribution in [0.25, 0.3) is 0 Å². The van der Waals surface area contributed by atoms with E-state index in [0.717, 1.165) is 13.0 Å². The fourth-order valence-corrected chi connectivity index (χ4v) is 2.88. The van der Waals surface area contributed by atoms with Crippen molar-refractivity contribution < 1.29 is 14.0 Å². The molecule has 1 aromatic heterocycles.